The lowest BCUT2D eigenvalue weighted by atomic mass is 10.0. The zero-order valence-electron chi connectivity index (χ0n) is 15.7. The third kappa shape index (κ3) is 4.16. The Bertz CT molecular complexity index is 1090. The fourth-order valence-electron chi connectivity index (χ4n) is 3.18. The van der Waals surface area contributed by atoms with Gasteiger partial charge in [0.05, 0.1) is 17.7 Å². The molecule has 0 radical (unpaired) electrons. The maximum atomic E-state index is 12.3. The largest absolute Gasteiger partial charge is 0.508 e. The maximum absolute atomic E-state index is 12.3. The highest BCUT2D eigenvalue weighted by molar-refractivity contribution is 5.93. The number of nitrogens with zero attached hydrogens (tertiary/aromatic N) is 3. The second kappa shape index (κ2) is 8.39. The topological polar surface area (TPSA) is 80.0 Å². The monoisotopic (exact) mass is 384 g/mol. The minimum atomic E-state index is -0.137. The Morgan fingerprint density at radius 1 is 0.931 bits per heavy atom. The van der Waals surface area contributed by atoms with Crippen molar-refractivity contribution >= 4 is 5.91 Å². The van der Waals surface area contributed by atoms with Crippen LogP contribution >= 0.6 is 0 Å². The van der Waals surface area contributed by atoms with E-state index in [9.17, 15) is 9.90 Å². The van der Waals surface area contributed by atoms with E-state index in [0.29, 0.717) is 18.7 Å². The number of benzene rings is 2. The number of phenols is 1. The van der Waals surface area contributed by atoms with Crippen molar-refractivity contribution in [1.29, 1.82) is 0 Å². The van der Waals surface area contributed by atoms with E-state index in [-0.39, 0.29) is 11.7 Å². The maximum Gasteiger partial charge on any atom is 0.251 e. The molecule has 0 atom stereocenters. The van der Waals surface area contributed by atoms with Crippen molar-refractivity contribution in [2.24, 2.45) is 0 Å². The van der Waals surface area contributed by atoms with Crippen LogP contribution in [-0.2, 0) is 6.54 Å². The van der Waals surface area contributed by atoms with Gasteiger partial charge in [-0.3, -0.25) is 9.78 Å². The van der Waals surface area contributed by atoms with Gasteiger partial charge in [0, 0.05) is 42.2 Å². The van der Waals surface area contributed by atoms with Crippen LogP contribution in [0.1, 0.15) is 10.4 Å². The molecule has 2 aromatic carbocycles. The van der Waals surface area contributed by atoms with Crippen LogP contribution in [-0.4, -0.2) is 32.1 Å². The number of amides is 1. The summed E-state index contributed by atoms with van der Waals surface area (Å²) in [4.78, 5) is 20.8. The highest BCUT2D eigenvalue weighted by Gasteiger charge is 2.15. The van der Waals surface area contributed by atoms with Gasteiger partial charge in [-0.2, -0.15) is 0 Å². The molecule has 2 heterocycles. The van der Waals surface area contributed by atoms with Crippen molar-refractivity contribution < 1.29 is 9.90 Å². The number of rotatable bonds is 6. The van der Waals surface area contributed by atoms with Crippen molar-refractivity contribution in [3.8, 4) is 28.3 Å². The lowest BCUT2D eigenvalue weighted by Crippen LogP contribution is -2.27. The van der Waals surface area contributed by atoms with Gasteiger partial charge in [0.25, 0.3) is 5.91 Å². The molecule has 144 valence electrons. The van der Waals surface area contributed by atoms with E-state index in [4.69, 9.17) is 0 Å². The van der Waals surface area contributed by atoms with Crippen molar-refractivity contribution in [3.63, 3.8) is 0 Å². The first-order chi connectivity index (χ1) is 14.2. The second-order valence-electron chi connectivity index (χ2n) is 6.54. The Kier molecular flexibility index (Phi) is 5.33. The van der Waals surface area contributed by atoms with E-state index in [2.05, 4.69) is 15.3 Å². The number of carbonyl (C=O) groups is 1. The third-order valence-corrected chi connectivity index (χ3v) is 4.61. The molecule has 2 N–H and O–H groups in total. The fourth-order valence-corrected chi connectivity index (χ4v) is 3.18. The predicted octanol–water partition coefficient (Wildman–Crippen LogP) is 3.75. The van der Waals surface area contributed by atoms with Gasteiger partial charge in [-0.05, 0) is 36.4 Å². The number of phenolic OH excluding ortho intramolecular Hbond substituents is 1. The molecule has 4 aromatic rings. The summed E-state index contributed by atoms with van der Waals surface area (Å²) in [5, 5.41) is 12.6. The first kappa shape index (κ1) is 18.4. The van der Waals surface area contributed by atoms with Gasteiger partial charge >= 0.3 is 0 Å². The van der Waals surface area contributed by atoms with Gasteiger partial charge < -0.3 is 15.0 Å². The molecule has 0 bridgehead atoms. The summed E-state index contributed by atoms with van der Waals surface area (Å²) < 4.78 is 2.02. The molecule has 0 aliphatic carbocycles. The van der Waals surface area contributed by atoms with Gasteiger partial charge in [-0.15, -0.1) is 0 Å². The Hall–Kier alpha value is -3.93. The molecule has 0 saturated heterocycles. The van der Waals surface area contributed by atoms with Crippen LogP contribution < -0.4 is 5.32 Å². The third-order valence-electron chi connectivity index (χ3n) is 4.61. The van der Waals surface area contributed by atoms with Crippen molar-refractivity contribution in [1.82, 2.24) is 19.9 Å². The van der Waals surface area contributed by atoms with Crippen LogP contribution in [0.3, 0.4) is 0 Å². The smallest absolute Gasteiger partial charge is 0.251 e. The average molecular weight is 384 g/mol. The van der Waals surface area contributed by atoms with E-state index in [1.807, 2.05) is 47.0 Å². The van der Waals surface area contributed by atoms with Gasteiger partial charge in [-0.25, -0.2) is 4.98 Å². The number of hydrogen-bond donors (Lipinski definition) is 2. The van der Waals surface area contributed by atoms with Crippen LogP contribution in [0.15, 0.2) is 85.5 Å². The molecule has 2 aromatic heterocycles. The number of nitrogens with one attached hydrogen (secondary N) is 1. The predicted molar refractivity (Wildman–Crippen MR) is 111 cm³/mol. The first-order valence-corrected chi connectivity index (χ1v) is 9.30. The van der Waals surface area contributed by atoms with Gasteiger partial charge in [-0.1, -0.05) is 30.3 Å². The van der Waals surface area contributed by atoms with Crippen LogP contribution in [0.2, 0.25) is 0 Å². The Morgan fingerprint density at radius 2 is 1.66 bits per heavy atom. The molecule has 0 spiro atoms. The lowest BCUT2D eigenvalue weighted by Gasteiger charge is -2.12. The van der Waals surface area contributed by atoms with Crippen molar-refractivity contribution in [3.05, 3.63) is 91.0 Å². The quantitative estimate of drug-likeness (QED) is 0.531. The molecule has 4 rings (SSSR count). The van der Waals surface area contributed by atoms with Crippen molar-refractivity contribution in [2.45, 2.75) is 6.54 Å². The van der Waals surface area contributed by atoms with E-state index in [1.165, 1.54) is 0 Å². The van der Waals surface area contributed by atoms with Crippen LogP contribution in [0.4, 0.5) is 0 Å². The molecule has 0 unspecified atom stereocenters. The van der Waals surface area contributed by atoms with Gasteiger partial charge in [0.1, 0.15) is 5.75 Å². The molecule has 6 heteroatoms. The molecule has 0 saturated carbocycles. The summed E-state index contributed by atoms with van der Waals surface area (Å²) in [5.41, 5.74) is 4.33. The number of pyridine rings is 1. The number of aromatic hydroxyl groups is 1. The molecule has 29 heavy (non-hydrogen) atoms. The molecule has 0 aliphatic rings. The highest BCUT2D eigenvalue weighted by atomic mass is 16.3. The zero-order chi connectivity index (χ0) is 20.1. The first-order valence-electron chi connectivity index (χ1n) is 9.30. The van der Waals surface area contributed by atoms with Crippen molar-refractivity contribution in [2.75, 3.05) is 6.54 Å². The summed E-state index contributed by atoms with van der Waals surface area (Å²) in [6, 6.07) is 20.4. The summed E-state index contributed by atoms with van der Waals surface area (Å²) in [6.07, 6.45) is 4.97. The molecule has 0 fully saturated rings. The average Bonchev–Trinajstić information content (AvgIpc) is 3.19. The number of carbonyl (C=O) groups excluding carboxylic acids is 1. The van der Waals surface area contributed by atoms with Crippen LogP contribution in [0.5, 0.6) is 5.75 Å². The summed E-state index contributed by atoms with van der Waals surface area (Å²) in [5.74, 6) is 0.0765. The SMILES string of the molecule is O=C(NCCn1cnc(-c2ccccc2)c1-c1ccc(O)cc1)c1ccncc1. The minimum Gasteiger partial charge on any atom is -0.508 e. The Labute approximate surface area is 168 Å². The molecule has 1 amide bonds. The number of aromatic nitrogens is 3. The molecular weight excluding hydrogens is 364 g/mol. The Balaban J connectivity index is 1.59. The Morgan fingerprint density at radius 3 is 2.38 bits per heavy atom. The summed E-state index contributed by atoms with van der Waals surface area (Å²) in [7, 11) is 0. The highest BCUT2D eigenvalue weighted by Crippen LogP contribution is 2.31. The van der Waals surface area contributed by atoms with E-state index >= 15 is 0 Å². The van der Waals surface area contributed by atoms with Crippen LogP contribution in [0.25, 0.3) is 22.5 Å². The molecule has 0 aliphatic heterocycles. The van der Waals surface area contributed by atoms with Crippen LogP contribution in [0, 0.1) is 0 Å². The second-order valence-corrected chi connectivity index (χ2v) is 6.54. The summed E-state index contributed by atoms with van der Waals surface area (Å²) in [6.45, 7) is 1.02. The summed E-state index contributed by atoms with van der Waals surface area (Å²) >= 11 is 0. The van der Waals surface area contributed by atoms with E-state index < -0.39 is 0 Å². The number of imidazole rings is 1. The van der Waals surface area contributed by atoms with E-state index in [1.54, 1.807) is 43.0 Å². The molecular formula is C23H20N4O2. The van der Waals surface area contributed by atoms with Gasteiger partial charge in [0.15, 0.2) is 0 Å². The fraction of sp³-hybridized carbons (Fsp3) is 0.0870. The zero-order valence-corrected chi connectivity index (χ0v) is 15.7. The van der Waals surface area contributed by atoms with Gasteiger partial charge in [0.2, 0.25) is 0 Å². The number of hydrogen-bond acceptors (Lipinski definition) is 4. The van der Waals surface area contributed by atoms with E-state index in [0.717, 1.165) is 22.5 Å². The molecule has 6 nitrogen and oxygen atoms in total. The minimum absolute atomic E-state index is 0.137. The standard InChI is InChI=1S/C23H20N4O2/c28-20-8-6-18(7-9-20)22-21(17-4-2-1-3-5-17)26-16-27(22)15-14-25-23(29)19-10-12-24-13-11-19/h1-13,16,28H,14-15H2,(H,25,29). The lowest BCUT2D eigenvalue weighted by molar-refractivity contribution is 0.0952. The normalized spacial score (nSPS) is 10.6.